The molecule has 0 aliphatic carbocycles. The van der Waals surface area contributed by atoms with E-state index in [4.69, 9.17) is 11.6 Å². The van der Waals surface area contributed by atoms with Gasteiger partial charge in [-0.2, -0.15) is 0 Å². The number of hydrogen-bond donors (Lipinski definition) is 1. The van der Waals surface area contributed by atoms with Crippen molar-refractivity contribution in [1.82, 2.24) is 14.7 Å². The maximum absolute atomic E-state index is 13.0. The molecule has 2 aromatic carbocycles. The molecular weight excluding hydrogens is 498 g/mol. The molecule has 1 aromatic heterocycles. The molecule has 10 heteroatoms. The molecule has 1 aliphatic heterocycles. The first kappa shape index (κ1) is 26.3. The number of aromatic amines is 1. The van der Waals surface area contributed by atoms with Crippen LogP contribution in [0.2, 0.25) is 5.02 Å². The summed E-state index contributed by atoms with van der Waals surface area (Å²) in [5.74, 6) is 0.105. The Labute approximate surface area is 211 Å². The Bertz CT molecular complexity index is 1180. The van der Waals surface area contributed by atoms with Gasteiger partial charge in [-0.1, -0.05) is 30.2 Å². The minimum absolute atomic E-state index is 0.0845. The topological polar surface area (TPSA) is 50.3 Å². The summed E-state index contributed by atoms with van der Waals surface area (Å²) in [7, 11) is 0. The van der Waals surface area contributed by atoms with E-state index in [-0.39, 0.29) is 16.6 Å². The summed E-state index contributed by atoms with van der Waals surface area (Å²) in [6, 6.07) is 11.7. The van der Waals surface area contributed by atoms with E-state index in [2.05, 4.69) is 14.7 Å². The van der Waals surface area contributed by atoms with E-state index in [0.717, 1.165) is 69.4 Å². The first-order valence-corrected chi connectivity index (χ1v) is 12.4. The molecule has 1 N–H and O–H groups in total. The number of alkyl halides is 3. The fourth-order valence-corrected chi connectivity index (χ4v) is 4.84. The van der Waals surface area contributed by atoms with Gasteiger partial charge in [0.05, 0.1) is 11.4 Å². The minimum Gasteiger partial charge on any atom is -0.406 e. The predicted octanol–water partition coefficient (Wildman–Crippen LogP) is 6.13. The summed E-state index contributed by atoms with van der Waals surface area (Å²) in [6.45, 7) is 2.70. The second kappa shape index (κ2) is 11.5. The number of likely N-dealkylation sites (tertiary alicyclic amines) is 1. The van der Waals surface area contributed by atoms with Gasteiger partial charge in [0.25, 0.3) is 5.56 Å². The molecule has 0 spiro atoms. The zero-order valence-corrected chi connectivity index (χ0v) is 20.4. The third-order valence-corrected chi connectivity index (χ3v) is 7.00. The van der Waals surface area contributed by atoms with E-state index in [1.54, 1.807) is 0 Å². The number of aryl methyl sites for hydroxylation is 1. The predicted molar refractivity (Wildman–Crippen MR) is 130 cm³/mol. The second-order valence-electron chi connectivity index (χ2n) is 9.14. The highest BCUT2D eigenvalue weighted by Crippen LogP contribution is 2.25. The summed E-state index contributed by atoms with van der Waals surface area (Å²) in [5, 5.41) is 3.07. The van der Waals surface area contributed by atoms with Gasteiger partial charge >= 0.3 is 6.36 Å². The number of rotatable bonds is 9. The van der Waals surface area contributed by atoms with E-state index >= 15 is 0 Å². The van der Waals surface area contributed by atoms with Gasteiger partial charge in [-0.25, -0.2) is 9.07 Å². The van der Waals surface area contributed by atoms with Crippen molar-refractivity contribution in [2.45, 2.75) is 44.9 Å². The number of nitrogens with one attached hydrogen (secondary N) is 1. The lowest BCUT2D eigenvalue weighted by atomic mass is 9.90. The second-order valence-corrected chi connectivity index (χ2v) is 9.52. The molecule has 3 aromatic rings. The average molecular weight is 526 g/mol. The van der Waals surface area contributed by atoms with Gasteiger partial charge in [0.1, 0.15) is 16.6 Å². The van der Waals surface area contributed by atoms with Crippen molar-refractivity contribution >= 4 is 11.6 Å². The SMILES string of the molecule is O=c1c(Cl)c(CCN2CCC(CCCc3ccc(F)cc3)CC2)[nH]n1-c1ccc(OC(F)(F)F)cc1. The van der Waals surface area contributed by atoms with Gasteiger partial charge < -0.3 is 9.64 Å². The van der Waals surface area contributed by atoms with Crippen LogP contribution in [0, 0.1) is 11.7 Å². The zero-order valence-electron chi connectivity index (χ0n) is 19.7. The van der Waals surface area contributed by atoms with Gasteiger partial charge in [0.15, 0.2) is 0 Å². The molecule has 0 amide bonds. The summed E-state index contributed by atoms with van der Waals surface area (Å²) < 4.78 is 55.2. The Morgan fingerprint density at radius 1 is 1.00 bits per heavy atom. The van der Waals surface area contributed by atoms with Crippen LogP contribution in [-0.4, -0.2) is 40.7 Å². The van der Waals surface area contributed by atoms with Crippen molar-refractivity contribution in [1.29, 1.82) is 0 Å². The third-order valence-electron chi connectivity index (χ3n) is 6.61. The smallest absolute Gasteiger partial charge is 0.406 e. The highest BCUT2D eigenvalue weighted by atomic mass is 35.5. The number of hydrogen-bond acceptors (Lipinski definition) is 3. The Morgan fingerprint density at radius 2 is 1.67 bits per heavy atom. The Balaban J connectivity index is 1.24. The Hall–Kier alpha value is -2.78. The normalized spacial score (nSPS) is 15.4. The van der Waals surface area contributed by atoms with Gasteiger partial charge in [-0.05, 0) is 86.7 Å². The molecule has 0 radical (unpaired) electrons. The van der Waals surface area contributed by atoms with Crippen LogP contribution in [-0.2, 0) is 12.8 Å². The summed E-state index contributed by atoms with van der Waals surface area (Å²) in [4.78, 5) is 14.9. The molecule has 36 heavy (non-hydrogen) atoms. The molecule has 1 aliphatic rings. The highest BCUT2D eigenvalue weighted by molar-refractivity contribution is 6.31. The van der Waals surface area contributed by atoms with Crippen molar-refractivity contribution in [3.63, 3.8) is 0 Å². The largest absolute Gasteiger partial charge is 0.573 e. The quantitative estimate of drug-likeness (QED) is 0.342. The van der Waals surface area contributed by atoms with Crippen LogP contribution in [0.15, 0.2) is 53.3 Å². The van der Waals surface area contributed by atoms with E-state index in [1.165, 1.54) is 28.9 Å². The van der Waals surface area contributed by atoms with Crippen LogP contribution in [0.3, 0.4) is 0 Å². The standard InChI is InChI=1S/C26H28ClF4N3O2/c27-24-23(32-34(25(24)35)21-8-10-22(11-9-21)36-26(29,30)31)14-17-33-15-12-19(13-16-33)3-1-2-18-4-6-20(28)7-5-18/h4-11,19,32H,1-3,12-17H2. The Morgan fingerprint density at radius 3 is 2.31 bits per heavy atom. The van der Waals surface area contributed by atoms with Crippen LogP contribution in [0.1, 0.15) is 36.9 Å². The lowest BCUT2D eigenvalue weighted by Crippen LogP contribution is -2.35. The molecule has 5 nitrogen and oxygen atoms in total. The highest BCUT2D eigenvalue weighted by Gasteiger charge is 2.31. The fraction of sp³-hybridized carbons (Fsp3) is 0.423. The van der Waals surface area contributed by atoms with Crippen molar-refractivity contribution in [2.75, 3.05) is 19.6 Å². The molecule has 4 rings (SSSR count). The van der Waals surface area contributed by atoms with Gasteiger partial charge in [-0.15, -0.1) is 13.2 Å². The number of piperidine rings is 1. The van der Waals surface area contributed by atoms with Crippen molar-refractivity contribution in [2.24, 2.45) is 5.92 Å². The number of H-pyrrole nitrogens is 1. The van der Waals surface area contributed by atoms with E-state index in [0.29, 0.717) is 23.7 Å². The first-order valence-electron chi connectivity index (χ1n) is 12.0. The molecule has 0 unspecified atom stereocenters. The van der Waals surface area contributed by atoms with E-state index in [1.807, 2.05) is 12.1 Å². The van der Waals surface area contributed by atoms with Crippen LogP contribution < -0.4 is 10.3 Å². The number of ether oxygens (including phenoxy) is 1. The molecule has 1 saturated heterocycles. The van der Waals surface area contributed by atoms with Crippen LogP contribution >= 0.6 is 11.6 Å². The minimum atomic E-state index is -4.78. The van der Waals surface area contributed by atoms with Gasteiger partial charge in [-0.3, -0.25) is 9.89 Å². The lowest BCUT2D eigenvalue weighted by molar-refractivity contribution is -0.274. The third kappa shape index (κ3) is 7.13. The van der Waals surface area contributed by atoms with Crippen LogP contribution in [0.5, 0.6) is 5.75 Å². The molecular formula is C26H28ClF4N3O2. The van der Waals surface area contributed by atoms with E-state index < -0.39 is 11.9 Å². The molecule has 0 bridgehead atoms. The lowest BCUT2D eigenvalue weighted by Gasteiger charge is -2.31. The maximum Gasteiger partial charge on any atom is 0.573 e. The van der Waals surface area contributed by atoms with Crippen molar-refractivity contribution in [3.8, 4) is 11.4 Å². The van der Waals surface area contributed by atoms with Gasteiger partial charge in [0, 0.05) is 13.0 Å². The summed E-state index contributed by atoms with van der Waals surface area (Å²) in [5.41, 5.74) is 1.68. The molecule has 1 fully saturated rings. The van der Waals surface area contributed by atoms with Crippen molar-refractivity contribution in [3.05, 3.63) is 81.0 Å². The van der Waals surface area contributed by atoms with Crippen molar-refractivity contribution < 1.29 is 22.3 Å². The number of benzene rings is 2. The first-order chi connectivity index (χ1) is 17.2. The zero-order chi connectivity index (χ0) is 25.7. The monoisotopic (exact) mass is 525 g/mol. The maximum atomic E-state index is 13.0. The molecule has 2 heterocycles. The average Bonchev–Trinajstić information content (AvgIpc) is 3.13. The number of nitrogens with zero attached hydrogens (tertiary/aromatic N) is 2. The van der Waals surface area contributed by atoms with Crippen LogP contribution in [0.25, 0.3) is 5.69 Å². The van der Waals surface area contributed by atoms with Crippen LogP contribution in [0.4, 0.5) is 17.6 Å². The Kier molecular flexibility index (Phi) is 8.41. The molecule has 0 atom stereocenters. The van der Waals surface area contributed by atoms with Gasteiger partial charge in [0.2, 0.25) is 0 Å². The number of halogens is 5. The summed E-state index contributed by atoms with van der Waals surface area (Å²) in [6.07, 6.45) is 1.21. The fourth-order valence-electron chi connectivity index (χ4n) is 4.62. The molecule has 0 saturated carbocycles. The number of aromatic nitrogens is 2. The molecule has 194 valence electrons. The summed E-state index contributed by atoms with van der Waals surface area (Å²) >= 11 is 6.26. The van der Waals surface area contributed by atoms with E-state index in [9.17, 15) is 22.4 Å².